The van der Waals surface area contributed by atoms with Crippen molar-refractivity contribution in [1.29, 1.82) is 0 Å². The van der Waals surface area contributed by atoms with Gasteiger partial charge in [0.1, 0.15) is 58.1 Å². The number of hydrogen-bond acceptors (Lipinski definition) is 18. The van der Waals surface area contributed by atoms with Gasteiger partial charge in [-0.3, -0.25) is 58.2 Å². The molecule has 8 aliphatic rings. The highest BCUT2D eigenvalue weighted by atomic mass is 16.6. The summed E-state index contributed by atoms with van der Waals surface area (Å²) in [7, 11) is 0. The molecule has 9 aromatic rings. The van der Waals surface area contributed by atoms with Crippen LogP contribution in [0.5, 0.6) is 46.0 Å². The zero-order valence-electron chi connectivity index (χ0n) is 60.3. The first-order valence-electron chi connectivity index (χ1n) is 37.6. The number of imide groups is 2. The summed E-state index contributed by atoms with van der Waals surface area (Å²) in [5.74, 6) is -1.47. The van der Waals surface area contributed by atoms with Crippen molar-refractivity contribution in [2.45, 2.75) is 77.0 Å². The summed E-state index contributed by atoms with van der Waals surface area (Å²) in [6, 6.07) is 40.8. The van der Waals surface area contributed by atoms with Crippen LogP contribution in [-0.2, 0) is 28.5 Å². The van der Waals surface area contributed by atoms with Crippen LogP contribution < -0.4 is 18.9 Å². The Morgan fingerprint density at radius 1 is 0.377 bits per heavy atom. The highest BCUT2D eigenvalue weighted by molar-refractivity contribution is 6.45. The fraction of sp³-hybridized carbons (Fsp3) is 0.405. The van der Waals surface area contributed by atoms with Crippen molar-refractivity contribution in [1.82, 2.24) is 39.2 Å². The molecule has 0 aliphatic carbocycles. The van der Waals surface area contributed by atoms with Gasteiger partial charge in [-0.25, -0.2) is 0 Å². The molecular formula is C84H88N8O14. The molecule has 0 N–H and O–H groups in total. The predicted octanol–water partition coefficient (Wildman–Crippen LogP) is 11.4. The quantitative estimate of drug-likeness (QED) is 0.0177. The Morgan fingerprint density at radius 3 is 0.868 bits per heavy atom. The molecular weight excluding hydrogens is 1340 g/mol. The van der Waals surface area contributed by atoms with Crippen LogP contribution in [0.25, 0.3) is 43.1 Å². The summed E-state index contributed by atoms with van der Waals surface area (Å²) in [5, 5.41) is 2.64. The normalized spacial score (nSPS) is 20.7. The molecule has 0 saturated carbocycles. The van der Waals surface area contributed by atoms with Gasteiger partial charge in [0, 0.05) is 148 Å². The topological polar surface area (TPSA) is 215 Å². The summed E-state index contributed by atoms with van der Waals surface area (Å²) in [5.41, 5.74) is 0.369. The van der Waals surface area contributed by atoms with Crippen molar-refractivity contribution in [3.63, 3.8) is 0 Å². The lowest BCUT2D eigenvalue weighted by Gasteiger charge is -2.41. The third-order valence-corrected chi connectivity index (χ3v) is 21.7. The van der Waals surface area contributed by atoms with Crippen LogP contribution in [0.2, 0.25) is 0 Å². The van der Waals surface area contributed by atoms with E-state index in [-0.39, 0.29) is 117 Å². The van der Waals surface area contributed by atoms with E-state index in [2.05, 4.69) is 19.6 Å². The van der Waals surface area contributed by atoms with Gasteiger partial charge in [0.15, 0.2) is 0 Å². The lowest BCUT2D eigenvalue weighted by Crippen LogP contribution is -2.58. The summed E-state index contributed by atoms with van der Waals surface area (Å²) < 4.78 is 51.2. The van der Waals surface area contributed by atoms with Crippen molar-refractivity contribution in [2.75, 3.05) is 131 Å². The molecule has 0 aromatic heterocycles. The second-order valence-electron chi connectivity index (χ2n) is 30.3. The predicted molar refractivity (Wildman–Crippen MR) is 399 cm³/mol. The molecule has 22 nitrogen and oxygen atoms in total. The molecule has 17 rings (SSSR count). The lowest BCUT2D eigenvalue weighted by molar-refractivity contribution is -0.138. The van der Waals surface area contributed by atoms with Crippen LogP contribution in [0.15, 0.2) is 146 Å². The number of fused-ring (bicyclic) bond motifs is 2. The Morgan fingerprint density at radius 2 is 0.632 bits per heavy atom. The highest BCUT2D eigenvalue weighted by Gasteiger charge is 2.48. The number of rotatable bonds is 30. The van der Waals surface area contributed by atoms with E-state index in [1.807, 2.05) is 100 Å². The van der Waals surface area contributed by atoms with Crippen LogP contribution in [0.4, 0.5) is 0 Å². The molecule has 0 bridgehead atoms. The Bertz CT molecular complexity index is 4280. The Labute approximate surface area is 615 Å². The molecule has 0 radical (unpaired) electrons. The van der Waals surface area contributed by atoms with E-state index < -0.39 is 35.7 Å². The zero-order valence-corrected chi connectivity index (χ0v) is 60.3. The maximum Gasteiger partial charge on any atom is 0.262 e. The number of hydrogen-bond donors (Lipinski definition) is 0. The van der Waals surface area contributed by atoms with E-state index in [1.165, 1.54) is 0 Å². The van der Waals surface area contributed by atoms with Gasteiger partial charge in [-0.1, -0.05) is 100 Å². The van der Waals surface area contributed by atoms with Crippen LogP contribution >= 0.6 is 0 Å². The van der Waals surface area contributed by atoms with Crippen LogP contribution in [0, 0.1) is 11.8 Å². The minimum atomic E-state index is -1.21. The van der Waals surface area contributed by atoms with Crippen molar-refractivity contribution in [2.24, 2.45) is 11.8 Å². The maximum atomic E-state index is 16.4. The van der Waals surface area contributed by atoms with Gasteiger partial charge in [0.25, 0.3) is 23.6 Å². The van der Waals surface area contributed by atoms with Gasteiger partial charge in [-0.05, 0) is 97.5 Å². The second-order valence-corrected chi connectivity index (χ2v) is 30.3. The van der Waals surface area contributed by atoms with Crippen molar-refractivity contribution in [3.05, 3.63) is 168 Å². The third kappa shape index (κ3) is 14.2. The Hall–Kier alpha value is -9.62. The van der Waals surface area contributed by atoms with Crippen molar-refractivity contribution in [3.8, 4) is 46.0 Å². The molecule has 0 spiro atoms. The minimum Gasteiger partial charge on any atom is -0.457 e. The number of carbonyl (C=O) groups excluding carboxylic acids is 6. The second kappa shape index (κ2) is 29.3. The number of epoxide rings is 4. The highest BCUT2D eigenvalue weighted by Crippen LogP contribution is 2.58. The lowest BCUT2D eigenvalue weighted by atomic mass is 9.80. The van der Waals surface area contributed by atoms with Gasteiger partial charge >= 0.3 is 0 Å². The van der Waals surface area contributed by atoms with Gasteiger partial charge in [-0.15, -0.1) is 0 Å². The average molecular weight is 1430 g/mol. The van der Waals surface area contributed by atoms with Crippen LogP contribution in [0.1, 0.15) is 82.0 Å². The Balaban J connectivity index is 0.824. The number of piperazine rings is 2. The van der Waals surface area contributed by atoms with E-state index in [9.17, 15) is 0 Å². The average Bonchev–Trinajstić information content (AvgIpc) is 0.856. The molecule has 6 saturated heterocycles. The molecule has 6 amide bonds. The van der Waals surface area contributed by atoms with Gasteiger partial charge in [0.05, 0.1) is 73.1 Å². The fourth-order valence-electron chi connectivity index (χ4n) is 16.2. The largest absolute Gasteiger partial charge is 0.457 e. The third-order valence-electron chi connectivity index (χ3n) is 21.7. The molecule has 106 heavy (non-hydrogen) atoms. The van der Waals surface area contributed by atoms with E-state index in [4.69, 9.17) is 37.9 Å². The minimum absolute atomic E-state index is 0.0924. The van der Waals surface area contributed by atoms with Crippen LogP contribution in [-0.4, -0.2) is 242 Å². The van der Waals surface area contributed by atoms with E-state index in [0.717, 1.165) is 88.6 Å². The number of carbonyl (C=O) groups is 6. The van der Waals surface area contributed by atoms with E-state index in [0.29, 0.717) is 108 Å². The molecule has 6 atom stereocenters. The monoisotopic (exact) mass is 1430 g/mol. The van der Waals surface area contributed by atoms with Crippen molar-refractivity contribution >= 4 is 78.5 Å². The number of para-hydroxylation sites is 4. The summed E-state index contributed by atoms with van der Waals surface area (Å²) in [4.78, 5) is 112. The first-order chi connectivity index (χ1) is 51.6. The van der Waals surface area contributed by atoms with Gasteiger partial charge in [-0.2, -0.15) is 0 Å². The SMILES string of the molecule is CC(C)CC(C(=O)N1CCN(CCN(CC2CO2)CC2CO2)CC1)N1C(=O)c2cc(Oc3ccccc3)c3c4c(Oc5ccccc5)cc5c6c(cc(Oc7ccccc7)c(c7c(Oc8ccccc8)cc(c2c37)C1=O)c64)C(=O)N(C(CC(C)C)C(=O)N1CCN(CCN(CC2CO2)CC2CO2)CC1)C5=O. The van der Waals surface area contributed by atoms with Crippen LogP contribution in [0.3, 0.4) is 0 Å². The van der Waals surface area contributed by atoms with Gasteiger partial charge < -0.3 is 47.7 Å². The molecule has 548 valence electrons. The number of amides is 6. The molecule has 8 heterocycles. The first-order valence-corrected chi connectivity index (χ1v) is 37.6. The summed E-state index contributed by atoms with van der Waals surface area (Å²) in [6.07, 6.45) is 1.36. The fourth-order valence-corrected chi connectivity index (χ4v) is 16.2. The van der Waals surface area contributed by atoms with Gasteiger partial charge in [0.2, 0.25) is 11.8 Å². The number of benzene rings is 9. The number of ether oxygens (including phenoxy) is 8. The van der Waals surface area contributed by atoms with E-state index >= 15 is 28.8 Å². The molecule has 6 fully saturated rings. The molecule has 22 heteroatoms. The smallest absolute Gasteiger partial charge is 0.262 e. The maximum absolute atomic E-state index is 16.4. The zero-order chi connectivity index (χ0) is 72.4. The standard InChI is InChI=1S/C84H88N8O14/c1-51(2)37-65(83(97)89-33-29-85(30-34-89)25-27-87(43-57-47-99-57)44-58-48-100-58)91-79(93)61-39-67(103-53-17-9-5-10-18-53)73-75-69(105-55-21-13-7-14-22-55)41-63-72-64(82(96)92(81(63)95)66(38-52(3)4)84(98)90-35-31-86(32-36-90)26-28-88(45-59-49-101-59)46-60-50-102-60)42-70(106-56-23-15-8-16-24-56)76(78(72)75)74-68(104-54-19-11-6-12-20-54)40-62(80(91)94)71(61)77(73)74/h5-24,39-42,51-52,57-60,65-66H,25-38,43-50H2,1-4H3. The van der Waals surface area contributed by atoms with Crippen molar-refractivity contribution < 1.29 is 66.7 Å². The first kappa shape index (κ1) is 69.4. The Kier molecular flexibility index (Phi) is 19.2. The molecule has 9 aromatic carbocycles. The summed E-state index contributed by atoms with van der Waals surface area (Å²) in [6.45, 7) is 21.7. The summed E-state index contributed by atoms with van der Waals surface area (Å²) >= 11 is 0. The number of nitrogens with zero attached hydrogens (tertiary/aromatic N) is 8. The molecule has 8 aliphatic heterocycles. The molecule has 6 unspecified atom stereocenters. The van der Waals surface area contributed by atoms with E-state index in [1.54, 1.807) is 82.6 Å².